The summed E-state index contributed by atoms with van der Waals surface area (Å²) in [5, 5.41) is 30.8. The highest BCUT2D eigenvalue weighted by molar-refractivity contribution is 7.80. The number of ether oxygens (including phenoxy) is 2. The highest BCUT2D eigenvalue weighted by Gasteiger charge is 2.39. The second-order valence-electron chi connectivity index (χ2n) is 13.2. The Hall–Kier alpha value is -6.31. The van der Waals surface area contributed by atoms with Gasteiger partial charge in [0.15, 0.2) is 17.3 Å². The summed E-state index contributed by atoms with van der Waals surface area (Å²) in [6.45, 7) is 2.87. The Morgan fingerprint density at radius 2 is 1.75 bits per heavy atom. The number of halogens is 1. The predicted octanol–water partition coefficient (Wildman–Crippen LogP) is 7.13. The van der Waals surface area contributed by atoms with E-state index in [0.29, 0.717) is 50.7 Å². The molecule has 0 saturated heterocycles. The summed E-state index contributed by atoms with van der Waals surface area (Å²) in [7, 11) is 1.62. The van der Waals surface area contributed by atoms with Gasteiger partial charge in [0, 0.05) is 64.1 Å². The van der Waals surface area contributed by atoms with Crippen LogP contribution in [0.2, 0.25) is 5.02 Å². The second-order valence-corrected chi connectivity index (χ2v) is 14.1. The number of anilines is 1. The fourth-order valence-corrected chi connectivity index (χ4v) is 7.44. The highest BCUT2D eigenvalue weighted by atomic mass is 35.5. The van der Waals surface area contributed by atoms with Crippen molar-refractivity contribution in [3.63, 3.8) is 0 Å². The first-order chi connectivity index (χ1) is 27.0. The maximum absolute atomic E-state index is 13.2. The van der Waals surface area contributed by atoms with Gasteiger partial charge in [-0.25, -0.2) is 4.79 Å². The SMILES string of the molecule is COC1=CC2C(CC(=O)NCCNC(=S)Nc3ccc(-c4c5ccc(=O)cc-5oc5cc(O)ccc45)c(C(=O)O)c3)=C(C)N(COc3ccc(Cl)cc3)C2C=C1. The van der Waals surface area contributed by atoms with Crippen LogP contribution in [0.15, 0.2) is 123 Å². The number of carbonyl (C=O) groups is 2. The van der Waals surface area contributed by atoms with E-state index in [4.69, 9.17) is 37.7 Å². The summed E-state index contributed by atoms with van der Waals surface area (Å²) in [6, 6.07) is 20.8. The number of benzene rings is 4. The van der Waals surface area contributed by atoms with Gasteiger partial charge in [-0.05, 0) is 103 Å². The highest BCUT2D eigenvalue weighted by Crippen LogP contribution is 2.43. The molecular weight excluding hydrogens is 756 g/mol. The van der Waals surface area contributed by atoms with Crippen LogP contribution < -0.4 is 26.1 Å². The van der Waals surface area contributed by atoms with Crippen LogP contribution in [-0.2, 0) is 9.53 Å². The molecule has 0 saturated carbocycles. The number of carboxylic acid groups (broad SMARTS) is 1. The number of carbonyl (C=O) groups excluding carboxylic acids is 1. The van der Waals surface area contributed by atoms with Crippen LogP contribution >= 0.6 is 23.8 Å². The summed E-state index contributed by atoms with van der Waals surface area (Å²) < 4.78 is 17.5. The van der Waals surface area contributed by atoms with Crippen molar-refractivity contribution < 1.29 is 33.7 Å². The van der Waals surface area contributed by atoms with E-state index in [1.54, 1.807) is 43.5 Å². The van der Waals surface area contributed by atoms with Crippen LogP contribution in [0.25, 0.3) is 33.4 Å². The van der Waals surface area contributed by atoms with Gasteiger partial charge in [-0.2, -0.15) is 0 Å². The average molecular weight is 793 g/mol. The number of nitrogens with one attached hydrogen (secondary N) is 3. The number of aromatic carboxylic acids is 1. The van der Waals surface area contributed by atoms with Gasteiger partial charge in [-0.3, -0.25) is 9.59 Å². The van der Waals surface area contributed by atoms with Crippen LogP contribution in [0.4, 0.5) is 5.69 Å². The van der Waals surface area contributed by atoms with Crippen molar-refractivity contribution in [1.82, 2.24) is 15.5 Å². The Bertz CT molecular complexity index is 2480. The molecule has 2 unspecified atom stereocenters. The molecule has 1 amide bonds. The molecule has 2 aliphatic carbocycles. The minimum atomic E-state index is -1.18. The lowest BCUT2D eigenvalue weighted by atomic mass is 9.88. The molecule has 2 atom stereocenters. The minimum Gasteiger partial charge on any atom is -0.508 e. The number of methoxy groups -OCH3 is 1. The van der Waals surface area contributed by atoms with Gasteiger partial charge in [-0.15, -0.1) is 0 Å². The van der Waals surface area contributed by atoms with Crippen LogP contribution in [0.3, 0.4) is 0 Å². The second kappa shape index (κ2) is 16.2. The summed E-state index contributed by atoms with van der Waals surface area (Å²) in [5.41, 5.74) is 3.80. The molecule has 3 aromatic carbocycles. The fraction of sp³-hybridized carbons (Fsp3) is 0.190. The van der Waals surface area contributed by atoms with Gasteiger partial charge in [0.25, 0.3) is 0 Å². The van der Waals surface area contributed by atoms with Crippen molar-refractivity contribution >= 4 is 57.5 Å². The van der Waals surface area contributed by atoms with E-state index in [9.17, 15) is 24.6 Å². The van der Waals surface area contributed by atoms with Crippen molar-refractivity contribution in [1.29, 1.82) is 0 Å². The molecule has 0 bridgehead atoms. The summed E-state index contributed by atoms with van der Waals surface area (Å²) >= 11 is 11.5. The topological polar surface area (TPSA) is 163 Å². The molecule has 5 N–H and O–H groups in total. The van der Waals surface area contributed by atoms with Gasteiger partial charge in [0.2, 0.25) is 5.91 Å². The van der Waals surface area contributed by atoms with Crippen molar-refractivity contribution in [3.05, 3.63) is 135 Å². The van der Waals surface area contributed by atoms with E-state index in [1.165, 1.54) is 30.3 Å². The number of phenols is 1. The number of hydrogen-bond donors (Lipinski definition) is 5. The number of phenolic OH excluding ortho intramolecular Hbond substituents is 1. The third-order valence-corrected chi connectivity index (χ3v) is 10.3. The molecule has 0 aromatic heterocycles. The first-order valence-corrected chi connectivity index (χ1v) is 18.4. The zero-order valence-corrected chi connectivity index (χ0v) is 31.9. The summed E-state index contributed by atoms with van der Waals surface area (Å²) in [4.78, 5) is 40.1. The predicted molar refractivity (Wildman–Crippen MR) is 218 cm³/mol. The molecule has 56 heavy (non-hydrogen) atoms. The molecule has 2 aliphatic heterocycles. The van der Waals surface area contributed by atoms with Crippen LogP contribution in [0, 0.1) is 5.92 Å². The largest absolute Gasteiger partial charge is 0.508 e. The van der Waals surface area contributed by atoms with Crippen molar-refractivity contribution in [2.45, 2.75) is 19.4 Å². The lowest BCUT2D eigenvalue weighted by Gasteiger charge is -2.30. The number of allylic oxidation sites excluding steroid dienone is 2. The number of hydrogen-bond acceptors (Lipinski definition) is 9. The van der Waals surface area contributed by atoms with Crippen molar-refractivity contribution in [2.24, 2.45) is 5.92 Å². The number of nitrogens with zero attached hydrogens (tertiary/aromatic N) is 1. The normalized spacial score (nSPS) is 16.1. The van der Waals surface area contributed by atoms with Gasteiger partial charge in [-0.1, -0.05) is 23.7 Å². The summed E-state index contributed by atoms with van der Waals surface area (Å²) in [5.74, 6) is 0.227. The average Bonchev–Trinajstić information content (AvgIpc) is 3.43. The van der Waals surface area contributed by atoms with Crippen LogP contribution in [0.5, 0.6) is 11.5 Å². The van der Waals surface area contributed by atoms with E-state index in [1.807, 2.05) is 31.2 Å². The van der Waals surface area contributed by atoms with Gasteiger partial charge < -0.3 is 45.0 Å². The molecule has 14 heteroatoms. The van der Waals surface area contributed by atoms with Crippen LogP contribution in [-0.4, -0.2) is 65.1 Å². The first kappa shape index (κ1) is 38.0. The molecule has 286 valence electrons. The van der Waals surface area contributed by atoms with E-state index in [-0.39, 0.29) is 65.2 Å². The molecular formula is C42H37ClN4O8S. The van der Waals surface area contributed by atoms with E-state index < -0.39 is 5.97 Å². The van der Waals surface area contributed by atoms with Crippen molar-refractivity contribution in [2.75, 3.05) is 32.2 Å². The standard InChI is InChI=1S/C42H37ClN4O8S/c1-23-33(34-20-29(53-2)10-14-36(34)47(23)22-54-28-8-3-24(43)4-9-28)21-39(50)44-15-16-45-42(56)46-25-5-11-30(35(17-25)41(51)52)40-31-12-6-26(48)18-37(31)55-38-19-27(49)7-13-32(38)40/h3-14,17-20,34,36,48H,15-16,21-22H2,1-2H3,(H,44,50)(H,51,52)(H2,45,46,56). The quantitative estimate of drug-likeness (QED) is 0.0495. The Morgan fingerprint density at radius 1 is 0.982 bits per heavy atom. The Labute approximate surface area is 332 Å². The molecule has 4 aliphatic rings. The molecule has 2 heterocycles. The minimum absolute atomic E-state index is 0.0204. The van der Waals surface area contributed by atoms with Gasteiger partial charge in [0.1, 0.15) is 28.6 Å². The third kappa shape index (κ3) is 8.04. The fourth-order valence-electron chi connectivity index (χ4n) is 7.09. The zero-order valence-electron chi connectivity index (χ0n) is 30.3. The van der Waals surface area contributed by atoms with Crippen LogP contribution in [0.1, 0.15) is 23.7 Å². The number of amides is 1. The van der Waals surface area contributed by atoms with E-state index in [0.717, 1.165) is 17.0 Å². The third-order valence-electron chi connectivity index (χ3n) is 9.78. The molecule has 0 radical (unpaired) electrons. The molecule has 7 rings (SSSR count). The Kier molecular flexibility index (Phi) is 11.0. The summed E-state index contributed by atoms with van der Waals surface area (Å²) in [6.07, 6.45) is 6.20. The lowest BCUT2D eigenvalue weighted by Crippen LogP contribution is -2.37. The zero-order chi connectivity index (χ0) is 39.5. The maximum atomic E-state index is 13.2. The number of aromatic hydroxyl groups is 1. The lowest BCUT2D eigenvalue weighted by molar-refractivity contribution is -0.120. The number of rotatable bonds is 12. The first-order valence-electron chi connectivity index (χ1n) is 17.7. The van der Waals surface area contributed by atoms with E-state index in [2.05, 4.69) is 26.9 Å². The van der Waals surface area contributed by atoms with E-state index >= 15 is 0 Å². The monoisotopic (exact) mass is 792 g/mol. The smallest absolute Gasteiger partial charge is 0.336 e. The molecule has 3 aromatic rings. The Balaban J connectivity index is 0.985. The number of thiocarbonyl (C=S) groups is 1. The molecule has 12 nitrogen and oxygen atoms in total. The van der Waals surface area contributed by atoms with Crippen molar-refractivity contribution in [3.8, 4) is 33.9 Å². The molecule has 0 spiro atoms. The Morgan fingerprint density at radius 3 is 2.52 bits per heavy atom. The maximum Gasteiger partial charge on any atom is 0.336 e. The molecule has 0 fully saturated rings. The van der Waals surface area contributed by atoms with Gasteiger partial charge in [0.05, 0.1) is 25.1 Å². The number of fused-ring (bicyclic) bond motifs is 3. The van der Waals surface area contributed by atoms with Gasteiger partial charge >= 0.3 is 5.97 Å². The number of carboxylic acids is 1.